The fourth-order valence-electron chi connectivity index (χ4n) is 3.37. The number of fused-ring (bicyclic) bond motifs is 1. The van der Waals surface area contributed by atoms with Crippen LogP contribution in [0.3, 0.4) is 0 Å². The van der Waals surface area contributed by atoms with Gasteiger partial charge in [0.2, 0.25) is 5.91 Å². The standard InChI is InChI=1S/C17H23N3O/c1-2-6-17(7-10-18-11-8-17)16(21)20-14-3-4-15-13(12-14)5-9-19-15/h3-5,9,12,18-19H,2,6-8,10-11H2,1H3,(H,20,21). The molecule has 0 bridgehead atoms. The first kappa shape index (κ1) is 14.1. The fourth-order valence-corrected chi connectivity index (χ4v) is 3.37. The van der Waals surface area contributed by atoms with Crippen molar-refractivity contribution in [2.45, 2.75) is 32.6 Å². The number of aromatic amines is 1. The van der Waals surface area contributed by atoms with Crippen LogP contribution >= 0.6 is 0 Å². The summed E-state index contributed by atoms with van der Waals surface area (Å²) in [5.41, 5.74) is 1.78. The Morgan fingerprint density at radius 1 is 1.29 bits per heavy atom. The van der Waals surface area contributed by atoms with Gasteiger partial charge in [-0.15, -0.1) is 0 Å². The van der Waals surface area contributed by atoms with E-state index in [9.17, 15) is 4.79 Å². The summed E-state index contributed by atoms with van der Waals surface area (Å²) in [6, 6.07) is 8.04. The predicted octanol–water partition coefficient (Wildman–Crippen LogP) is 3.28. The zero-order valence-corrected chi connectivity index (χ0v) is 12.5. The molecule has 1 aromatic carbocycles. The number of carbonyl (C=O) groups is 1. The SMILES string of the molecule is CCCC1(C(=O)Nc2ccc3[nH]ccc3c2)CCNCC1. The Balaban J connectivity index is 1.79. The second-order valence-electron chi connectivity index (χ2n) is 6.01. The first-order valence-electron chi connectivity index (χ1n) is 7.83. The van der Waals surface area contributed by atoms with E-state index in [0.29, 0.717) is 0 Å². The first-order valence-corrected chi connectivity index (χ1v) is 7.83. The van der Waals surface area contributed by atoms with Gasteiger partial charge in [0, 0.05) is 22.8 Å². The molecule has 21 heavy (non-hydrogen) atoms. The highest BCUT2D eigenvalue weighted by Crippen LogP contribution is 2.35. The van der Waals surface area contributed by atoms with Crippen LogP contribution < -0.4 is 10.6 Å². The van der Waals surface area contributed by atoms with Crippen LogP contribution in [0.1, 0.15) is 32.6 Å². The highest BCUT2D eigenvalue weighted by molar-refractivity contribution is 5.97. The number of hydrogen-bond donors (Lipinski definition) is 3. The molecule has 1 saturated heterocycles. The van der Waals surface area contributed by atoms with Gasteiger partial charge in [-0.3, -0.25) is 4.79 Å². The maximum Gasteiger partial charge on any atom is 0.230 e. The maximum absolute atomic E-state index is 12.8. The Bertz CT molecular complexity index is 620. The Morgan fingerprint density at radius 3 is 2.86 bits per heavy atom. The molecule has 0 atom stereocenters. The predicted molar refractivity (Wildman–Crippen MR) is 86.4 cm³/mol. The van der Waals surface area contributed by atoms with Crippen LogP contribution in [0.4, 0.5) is 5.69 Å². The Hall–Kier alpha value is -1.81. The van der Waals surface area contributed by atoms with Crippen molar-refractivity contribution in [1.82, 2.24) is 10.3 Å². The lowest BCUT2D eigenvalue weighted by Gasteiger charge is -2.36. The molecule has 4 heteroatoms. The lowest BCUT2D eigenvalue weighted by atomic mass is 9.74. The lowest BCUT2D eigenvalue weighted by Crippen LogP contribution is -2.44. The summed E-state index contributed by atoms with van der Waals surface area (Å²) in [4.78, 5) is 16.0. The second-order valence-corrected chi connectivity index (χ2v) is 6.01. The number of hydrogen-bond acceptors (Lipinski definition) is 2. The van der Waals surface area contributed by atoms with Gasteiger partial charge in [0.15, 0.2) is 0 Å². The number of anilines is 1. The Kier molecular flexibility index (Phi) is 3.97. The van der Waals surface area contributed by atoms with Crippen molar-refractivity contribution in [2.75, 3.05) is 18.4 Å². The molecule has 0 radical (unpaired) electrons. The van der Waals surface area contributed by atoms with Crippen LogP contribution in [0.15, 0.2) is 30.5 Å². The first-order chi connectivity index (χ1) is 10.2. The number of carbonyl (C=O) groups excluding carboxylic acids is 1. The minimum absolute atomic E-state index is 0.181. The summed E-state index contributed by atoms with van der Waals surface area (Å²) >= 11 is 0. The van der Waals surface area contributed by atoms with E-state index in [1.54, 1.807) is 0 Å². The summed E-state index contributed by atoms with van der Waals surface area (Å²) in [5, 5.41) is 7.62. The van der Waals surface area contributed by atoms with Gasteiger partial charge in [0.05, 0.1) is 5.41 Å². The smallest absolute Gasteiger partial charge is 0.230 e. The van der Waals surface area contributed by atoms with E-state index in [0.717, 1.165) is 55.4 Å². The molecule has 1 aliphatic rings. The van der Waals surface area contributed by atoms with E-state index in [1.807, 2.05) is 30.5 Å². The van der Waals surface area contributed by atoms with Crippen LogP contribution in [0.5, 0.6) is 0 Å². The molecule has 1 amide bonds. The van der Waals surface area contributed by atoms with Gasteiger partial charge < -0.3 is 15.6 Å². The van der Waals surface area contributed by atoms with E-state index >= 15 is 0 Å². The molecular formula is C17H23N3O. The van der Waals surface area contributed by atoms with E-state index < -0.39 is 0 Å². The Morgan fingerprint density at radius 2 is 2.10 bits per heavy atom. The van der Waals surface area contributed by atoms with Gasteiger partial charge in [-0.25, -0.2) is 0 Å². The van der Waals surface area contributed by atoms with Crippen molar-refractivity contribution in [2.24, 2.45) is 5.41 Å². The zero-order chi connectivity index (χ0) is 14.7. The van der Waals surface area contributed by atoms with Crippen LogP contribution in [0, 0.1) is 5.41 Å². The van der Waals surface area contributed by atoms with Crippen molar-refractivity contribution < 1.29 is 4.79 Å². The quantitative estimate of drug-likeness (QED) is 0.807. The minimum atomic E-state index is -0.201. The summed E-state index contributed by atoms with van der Waals surface area (Å²) < 4.78 is 0. The van der Waals surface area contributed by atoms with E-state index in [-0.39, 0.29) is 11.3 Å². The van der Waals surface area contributed by atoms with Crippen LogP contribution in [0.2, 0.25) is 0 Å². The van der Waals surface area contributed by atoms with Crippen molar-refractivity contribution in [1.29, 1.82) is 0 Å². The average molecular weight is 285 g/mol. The fraction of sp³-hybridized carbons (Fsp3) is 0.471. The summed E-state index contributed by atoms with van der Waals surface area (Å²) in [7, 11) is 0. The number of H-pyrrole nitrogens is 1. The molecule has 3 rings (SSSR count). The third-order valence-corrected chi connectivity index (χ3v) is 4.58. The molecule has 1 fully saturated rings. The van der Waals surface area contributed by atoms with Crippen molar-refractivity contribution in [3.63, 3.8) is 0 Å². The molecule has 3 N–H and O–H groups in total. The van der Waals surface area contributed by atoms with Gasteiger partial charge >= 0.3 is 0 Å². The normalized spacial score (nSPS) is 17.8. The molecular weight excluding hydrogens is 262 g/mol. The van der Waals surface area contributed by atoms with Crippen molar-refractivity contribution >= 4 is 22.5 Å². The van der Waals surface area contributed by atoms with Crippen molar-refractivity contribution in [3.8, 4) is 0 Å². The molecule has 0 spiro atoms. The zero-order valence-electron chi connectivity index (χ0n) is 12.5. The second kappa shape index (κ2) is 5.90. The largest absolute Gasteiger partial charge is 0.361 e. The summed E-state index contributed by atoms with van der Waals surface area (Å²) in [5.74, 6) is 0.181. The molecule has 2 aromatic rings. The molecule has 2 heterocycles. The van der Waals surface area contributed by atoms with Gasteiger partial charge in [-0.05, 0) is 56.6 Å². The van der Waals surface area contributed by atoms with E-state index in [1.165, 1.54) is 0 Å². The summed E-state index contributed by atoms with van der Waals surface area (Å²) in [6.45, 7) is 4.03. The molecule has 1 aromatic heterocycles. The minimum Gasteiger partial charge on any atom is -0.361 e. The maximum atomic E-state index is 12.8. The topological polar surface area (TPSA) is 56.9 Å². The molecule has 0 aliphatic carbocycles. The highest BCUT2D eigenvalue weighted by atomic mass is 16.2. The summed E-state index contributed by atoms with van der Waals surface area (Å²) in [6.07, 6.45) is 5.79. The number of benzene rings is 1. The van der Waals surface area contributed by atoms with Crippen LogP contribution in [-0.2, 0) is 4.79 Å². The number of nitrogens with one attached hydrogen (secondary N) is 3. The van der Waals surface area contributed by atoms with Crippen molar-refractivity contribution in [3.05, 3.63) is 30.5 Å². The number of amides is 1. The van der Waals surface area contributed by atoms with Crippen LogP contribution in [-0.4, -0.2) is 24.0 Å². The molecule has 0 saturated carbocycles. The molecule has 1 aliphatic heterocycles. The molecule has 4 nitrogen and oxygen atoms in total. The number of piperidine rings is 1. The van der Waals surface area contributed by atoms with E-state index in [2.05, 4.69) is 22.5 Å². The monoisotopic (exact) mass is 285 g/mol. The molecule has 112 valence electrons. The van der Waals surface area contributed by atoms with Crippen LogP contribution in [0.25, 0.3) is 10.9 Å². The van der Waals surface area contributed by atoms with Gasteiger partial charge in [-0.1, -0.05) is 13.3 Å². The number of rotatable bonds is 4. The lowest BCUT2D eigenvalue weighted by molar-refractivity contribution is -0.127. The average Bonchev–Trinajstić information content (AvgIpc) is 2.96. The van der Waals surface area contributed by atoms with E-state index in [4.69, 9.17) is 0 Å². The number of aromatic nitrogens is 1. The third-order valence-electron chi connectivity index (χ3n) is 4.58. The highest BCUT2D eigenvalue weighted by Gasteiger charge is 2.38. The van der Waals surface area contributed by atoms with Gasteiger partial charge in [-0.2, -0.15) is 0 Å². The van der Waals surface area contributed by atoms with Gasteiger partial charge in [0.1, 0.15) is 0 Å². The third kappa shape index (κ3) is 2.81. The Labute approximate surface area is 125 Å². The molecule has 0 unspecified atom stereocenters. The van der Waals surface area contributed by atoms with Gasteiger partial charge in [0.25, 0.3) is 0 Å².